The number of hydrogen-bond donors (Lipinski definition) is 2. The van der Waals surface area contributed by atoms with Crippen molar-refractivity contribution >= 4 is 12.6 Å². The molecule has 4 heteroatoms. The molecule has 0 aliphatic heterocycles. The number of aromatic nitrogens is 1. The highest BCUT2D eigenvalue weighted by Gasteiger charge is 2.13. The minimum absolute atomic E-state index is 0.238. The normalized spacial score (nSPS) is 10.7. The third-order valence-electron chi connectivity index (χ3n) is 2.71. The number of nitrogens with zero attached hydrogens (tertiary/aromatic N) is 1. The summed E-state index contributed by atoms with van der Waals surface area (Å²) in [6.45, 7) is 6.50. The lowest BCUT2D eigenvalue weighted by atomic mass is 10.2. The van der Waals surface area contributed by atoms with Crippen molar-refractivity contribution in [3.05, 3.63) is 21.5 Å². The Kier molecular flexibility index (Phi) is 3.85. The summed E-state index contributed by atoms with van der Waals surface area (Å²) < 4.78 is 1.89. The average molecular weight is 227 g/mol. The minimum atomic E-state index is -0.315. The molecule has 0 amide bonds. The van der Waals surface area contributed by atoms with Gasteiger partial charge < -0.3 is 9.67 Å². The number of rotatable bonds is 3. The van der Waals surface area contributed by atoms with Crippen LogP contribution in [0, 0.1) is 13.8 Å². The monoisotopic (exact) mass is 227 g/mol. The van der Waals surface area contributed by atoms with Crippen LogP contribution in [0.5, 0.6) is 5.75 Å². The van der Waals surface area contributed by atoms with Gasteiger partial charge in [-0.15, -0.1) is 12.6 Å². The summed E-state index contributed by atoms with van der Waals surface area (Å²) in [5, 5.41) is 9.95. The Morgan fingerprint density at radius 2 is 2.00 bits per heavy atom. The molecule has 1 rings (SSSR count). The van der Waals surface area contributed by atoms with Crippen molar-refractivity contribution in [2.75, 3.05) is 0 Å². The summed E-state index contributed by atoms with van der Waals surface area (Å²) in [5.74, 6) is -0.238. The van der Waals surface area contributed by atoms with E-state index < -0.39 is 0 Å². The van der Waals surface area contributed by atoms with Crippen molar-refractivity contribution in [3.63, 3.8) is 0 Å². The molecule has 0 radical (unpaired) electrons. The first-order chi connectivity index (χ1) is 7.00. The zero-order valence-electron chi connectivity index (χ0n) is 9.37. The lowest BCUT2D eigenvalue weighted by molar-refractivity contribution is 0.429. The molecule has 0 spiro atoms. The summed E-state index contributed by atoms with van der Waals surface area (Å²) in [5.41, 5.74) is 1.17. The van der Waals surface area contributed by atoms with Crippen LogP contribution in [-0.4, -0.2) is 9.67 Å². The highest BCUT2D eigenvalue weighted by Crippen LogP contribution is 2.21. The number of aromatic hydroxyl groups is 1. The molecule has 0 atom stereocenters. The quantitative estimate of drug-likeness (QED) is 0.778. The fourth-order valence-corrected chi connectivity index (χ4v) is 1.87. The Bertz CT molecular complexity index is 391. The largest absolute Gasteiger partial charge is 0.502 e. The first-order valence-electron chi connectivity index (χ1n) is 5.12. The summed E-state index contributed by atoms with van der Waals surface area (Å²) in [7, 11) is 0. The molecule has 0 saturated heterocycles. The molecule has 1 N–H and O–H groups in total. The topological polar surface area (TPSA) is 42.2 Å². The summed E-state index contributed by atoms with van der Waals surface area (Å²) >= 11 is 4.18. The molecule has 3 nitrogen and oxygen atoms in total. The average Bonchev–Trinajstić information content (AvgIpc) is 2.24. The maximum Gasteiger partial charge on any atom is 0.227 e. The second kappa shape index (κ2) is 4.75. The number of pyridine rings is 1. The van der Waals surface area contributed by atoms with E-state index in [9.17, 15) is 9.90 Å². The van der Waals surface area contributed by atoms with E-state index in [-0.39, 0.29) is 11.2 Å². The third-order valence-corrected chi connectivity index (χ3v) is 3.16. The van der Waals surface area contributed by atoms with Gasteiger partial charge >= 0.3 is 0 Å². The van der Waals surface area contributed by atoms with Crippen LogP contribution in [0.4, 0.5) is 0 Å². The van der Waals surface area contributed by atoms with Gasteiger partial charge in [0.1, 0.15) is 5.03 Å². The summed E-state index contributed by atoms with van der Waals surface area (Å²) in [6, 6.07) is 0. The van der Waals surface area contributed by atoms with Crippen LogP contribution in [0.3, 0.4) is 0 Å². The lowest BCUT2D eigenvalue weighted by Gasteiger charge is -2.16. The molecule has 0 bridgehead atoms. The van der Waals surface area contributed by atoms with Gasteiger partial charge in [-0.05, 0) is 20.3 Å². The van der Waals surface area contributed by atoms with Crippen LogP contribution < -0.4 is 5.43 Å². The zero-order valence-corrected chi connectivity index (χ0v) is 10.3. The van der Waals surface area contributed by atoms with Gasteiger partial charge in [-0.25, -0.2) is 0 Å². The maximum atomic E-state index is 11.5. The van der Waals surface area contributed by atoms with Gasteiger partial charge in [0.2, 0.25) is 5.43 Å². The van der Waals surface area contributed by atoms with Crippen LogP contribution in [-0.2, 0) is 6.54 Å². The van der Waals surface area contributed by atoms with Crippen molar-refractivity contribution in [3.8, 4) is 5.75 Å². The van der Waals surface area contributed by atoms with E-state index in [0.717, 1.165) is 25.1 Å². The number of hydrogen-bond acceptors (Lipinski definition) is 3. The fourth-order valence-electron chi connectivity index (χ4n) is 1.52. The Balaban J connectivity index is 3.32. The molecular weight excluding hydrogens is 210 g/mol. The summed E-state index contributed by atoms with van der Waals surface area (Å²) in [4.78, 5) is 11.5. The summed E-state index contributed by atoms with van der Waals surface area (Å²) in [6.07, 6.45) is 2.08. The van der Waals surface area contributed by atoms with Crippen molar-refractivity contribution in [2.24, 2.45) is 0 Å². The highest BCUT2D eigenvalue weighted by molar-refractivity contribution is 7.80. The van der Waals surface area contributed by atoms with E-state index >= 15 is 0 Å². The second-order valence-corrected chi connectivity index (χ2v) is 4.14. The van der Waals surface area contributed by atoms with Gasteiger partial charge in [0.25, 0.3) is 0 Å². The van der Waals surface area contributed by atoms with Gasteiger partial charge in [-0.3, -0.25) is 4.79 Å². The molecule has 1 aromatic rings. The molecule has 1 heterocycles. The lowest BCUT2D eigenvalue weighted by Crippen LogP contribution is -2.16. The Morgan fingerprint density at radius 3 is 2.53 bits per heavy atom. The van der Waals surface area contributed by atoms with Crippen molar-refractivity contribution < 1.29 is 5.11 Å². The van der Waals surface area contributed by atoms with Crippen molar-refractivity contribution in [1.82, 2.24) is 4.57 Å². The predicted molar refractivity (Wildman–Crippen MR) is 64.0 cm³/mol. The smallest absolute Gasteiger partial charge is 0.227 e. The van der Waals surface area contributed by atoms with Crippen molar-refractivity contribution in [1.29, 1.82) is 0 Å². The van der Waals surface area contributed by atoms with Crippen LogP contribution in [0.2, 0.25) is 0 Å². The molecular formula is C11H17NO2S. The van der Waals surface area contributed by atoms with E-state index in [1.54, 1.807) is 6.92 Å². The first kappa shape index (κ1) is 12.2. The van der Waals surface area contributed by atoms with E-state index in [2.05, 4.69) is 19.6 Å². The predicted octanol–water partition coefficient (Wildman–Crippen LogP) is 2.26. The van der Waals surface area contributed by atoms with Crippen molar-refractivity contribution in [2.45, 2.75) is 45.2 Å². The van der Waals surface area contributed by atoms with Gasteiger partial charge in [0.15, 0.2) is 5.75 Å². The first-order valence-corrected chi connectivity index (χ1v) is 5.57. The number of unbranched alkanes of at least 4 members (excludes halogenated alkanes) is 1. The Labute approximate surface area is 95.2 Å². The van der Waals surface area contributed by atoms with Gasteiger partial charge in [-0.2, -0.15) is 0 Å². The van der Waals surface area contributed by atoms with E-state index in [0.29, 0.717) is 10.6 Å². The molecule has 0 saturated carbocycles. The minimum Gasteiger partial charge on any atom is -0.502 e. The molecule has 0 aromatic carbocycles. The van der Waals surface area contributed by atoms with Crippen LogP contribution in [0.15, 0.2) is 9.82 Å². The van der Waals surface area contributed by atoms with E-state index in [4.69, 9.17) is 0 Å². The number of thiol groups is 1. The van der Waals surface area contributed by atoms with Crippen LogP contribution in [0.25, 0.3) is 0 Å². The van der Waals surface area contributed by atoms with Crippen LogP contribution >= 0.6 is 12.6 Å². The zero-order chi connectivity index (χ0) is 11.6. The van der Waals surface area contributed by atoms with Gasteiger partial charge in [-0.1, -0.05) is 13.3 Å². The molecule has 0 unspecified atom stereocenters. The second-order valence-electron chi connectivity index (χ2n) is 3.72. The molecule has 0 fully saturated rings. The maximum absolute atomic E-state index is 11.5. The molecule has 84 valence electrons. The van der Waals surface area contributed by atoms with Crippen LogP contribution in [0.1, 0.15) is 31.0 Å². The molecule has 15 heavy (non-hydrogen) atoms. The third kappa shape index (κ3) is 2.20. The Morgan fingerprint density at radius 1 is 1.40 bits per heavy atom. The Hall–Kier alpha value is -0.900. The SMILES string of the molecule is CCCCn1c(C)c(C)c(=O)c(O)c1S. The molecule has 0 aliphatic rings. The molecule has 1 aromatic heterocycles. The fraction of sp³-hybridized carbons (Fsp3) is 0.545. The van der Waals surface area contributed by atoms with Gasteiger partial charge in [0.05, 0.1) is 0 Å². The van der Waals surface area contributed by atoms with E-state index in [1.807, 2.05) is 11.5 Å². The highest BCUT2D eigenvalue weighted by atomic mass is 32.1. The van der Waals surface area contributed by atoms with E-state index in [1.165, 1.54) is 0 Å². The standard InChI is InChI=1S/C11H17NO2S/c1-4-5-6-12-8(3)7(2)9(13)10(14)11(12)15/h14-15H,4-6H2,1-3H3. The molecule has 0 aliphatic carbocycles. The van der Waals surface area contributed by atoms with Gasteiger partial charge in [0, 0.05) is 17.8 Å².